The molecule has 0 saturated carbocycles. The fourth-order valence-corrected chi connectivity index (χ4v) is 4.37. The van der Waals surface area contributed by atoms with Crippen LogP contribution in [0.2, 0.25) is 0 Å². The Labute approximate surface area is 148 Å². The van der Waals surface area contributed by atoms with Crippen LogP contribution in [0.4, 0.5) is 0 Å². The van der Waals surface area contributed by atoms with E-state index in [4.69, 9.17) is 4.74 Å². The molecule has 1 saturated heterocycles. The minimum absolute atomic E-state index is 0.0500. The molecule has 1 amide bonds. The first-order chi connectivity index (χ1) is 11.6. The first-order valence-electron chi connectivity index (χ1n) is 7.74. The average Bonchev–Trinajstić information content (AvgIpc) is 3.07. The molecule has 1 fully saturated rings. The molecule has 24 heavy (non-hydrogen) atoms. The summed E-state index contributed by atoms with van der Waals surface area (Å²) in [5.74, 6) is 0.0500. The third-order valence-corrected chi connectivity index (χ3v) is 5.70. The van der Waals surface area contributed by atoms with E-state index in [9.17, 15) is 9.59 Å². The van der Waals surface area contributed by atoms with Gasteiger partial charge in [-0.2, -0.15) is 0 Å². The molecule has 128 valence electrons. The molecular formula is C16H19N3O3S2. The Kier molecular flexibility index (Phi) is 5.37. The van der Waals surface area contributed by atoms with E-state index in [1.807, 2.05) is 12.3 Å². The second-order valence-electron chi connectivity index (χ2n) is 5.44. The standard InChI is InChI=1S/C16H19N3O3S2/c1-3-5-19-15(21)12-4-10-23-13(12)17-16(19)24-11(2)14(20)18-6-8-22-9-7-18/h3-4,10-11H,1,5-9H2,2H3/t11-/m0/s1. The van der Waals surface area contributed by atoms with Crippen LogP contribution in [0.25, 0.3) is 10.2 Å². The van der Waals surface area contributed by atoms with Crippen LogP contribution in [0, 0.1) is 0 Å². The minimum atomic E-state index is -0.316. The van der Waals surface area contributed by atoms with Crippen molar-refractivity contribution in [3.05, 3.63) is 34.5 Å². The predicted molar refractivity (Wildman–Crippen MR) is 96.8 cm³/mol. The van der Waals surface area contributed by atoms with Gasteiger partial charge in [0.25, 0.3) is 5.56 Å². The van der Waals surface area contributed by atoms with Gasteiger partial charge in [0.05, 0.1) is 23.8 Å². The normalized spacial score (nSPS) is 16.3. The Hall–Kier alpha value is -1.64. The maximum atomic E-state index is 12.6. The zero-order chi connectivity index (χ0) is 17.1. The van der Waals surface area contributed by atoms with Gasteiger partial charge >= 0.3 is 0 Å². The van der Waals surface area contributed by atoms with Crippen LogP contribution in [0.15, 0.2) is 34.1 Å². The predicted octanol–water partition coefficient (Wildman–Crippen LogP) is 1.98. The molecule has 0 unspecified atom stereocenters. The van der Waals surface area contributed by atoms with E-state index in [2.05, 4.69) is 11.6 Å². The van der Waals surface area contributed by atoms with Crippen molar-refractivity contribution >= 4 is 39.2 Å². The highest BCUT2D eigenvalue weighted by molar-refractivity contribution is 8.00. The van der Waals surface area contributed by atoms with Gasteiger partial charge in [-0.05, 0) is 18.4 Å². The second-order valence-corrected chi connectivity index (χ2v) is 7.64. The molecule has 0 aromatic carbocycles. The van der Waals surface area contributed by atoms with E-state index >= 15 is 0 Å². The number of aromatic nitrogens is 2. The maximum Gasteiger partial charge on any atom is 0.263 e. The van der Waals surface area contributed by atoms with E-state index in [0.29, 0.717) is 48.2 Å². The van der Waals surface area contributed by atoms with Crippen molar-refractivity contribution in [1.29, 1.82) is 0 Å². The number of nitrogens with zero attached hydrogens (tertiary/aromatic N) is 3. The average molecular weight is 365 g/mol. The first kappa shape index (κ1) is 17.2. The zero-order valence-electron chi connectivity index (χ0n) is 13.4. The fourth-order valence-electron chi connectivity index (χ4n) is 2.56. The SMILES string of the molecule is C=CCn1c(S[C@@H](C)C(=O)N2CCOCC2)nc2sccc2c1=O. The summed E-state index contributed by atoms with van der Waals surface area (Å²) < 4.78 is 6.87. The van der Waals surface area contributed by atoms with Crippen molar-refractivity contribution in [3.8, 4) is 0 Å². The summed E-state index contributed by atoms with van der Waals surface area (Å²) in [6, 6.07) is 1.78. The lowest BCUT2D eigenvalue weighted by Gasteiger charge is -2.29. The quantitative estimate of drug-likeness (QED) is 0.461. The van der Waals surface area contributed by atoms with Crippen molar-refractivity contribution in [2.24, 2.45) is 0 Å². The monoisotopic (exact) mass is 365 g/mol. The van der Waals surface area contributed by atoms with Crippen LogP contribution in [0.5, 0.6) is 0 Å². The van der Waals surface area contributed by atoms with Gasteiger partial charge in [0.1, 0.15) is 4.83 Å². The van der Waals surface area contributed by atoms with Gasteiger partial charge in [-0.3, -0.25) is 14.2 Å². The van der Waals surface area contributed by atoms with Crippen molar-refractivity contribution < 1.29 is 9.53 Å². The number of morpholine rings is 1. The third kappa shape index (κ3) is 3.40. The number of carbonyl (C=O) groups excluding carboxylic acids is 1. The summed E-state index contributed by atoms with van der Waals surface area (Å²) >= 11 is 2.75. The molecule has 0 spiro atoms. The van der Waals surface area contributed by atoms with Crippen molar-refractivity contribution in [1.82, 2.24) is 14.5 Å². The highest BCUT2D eigenvalue weighted by atomic mass is 32.2. The Morgan fingerprint density at radius 2 is 2.29 bits per heavy atom. The molecule has 2 aromatic rings. The van der Waals surface area contributed by atoms with Gasteiger partial charge in [-0.15, -0.1) is 17.9 Å². The van der Waals surface area contributed by atoms with Crippen LogP contribution in [-0.2, 0) is 16.1 Å². The molecule has 6 nitrogen and oxygen atoms in total. The van der Waals surface area contributed by atoms with Gasteiger partial charge in [-0.1, -0.05) is 17.8 Å². The fraction of sp³-hybridized carbons (Fsp3) is 0.438. The van der Waals surface area contributed by atoms with E-state index in [1.165, 1.54) is 23.1 Å². The third-order valence-electron chi connectivity index (χ3n) is 3.81. The summed E-state index contributed by atoms with van der Waals surface area (Å²) in [5, 5.41) is 2.71. The Balaban J connectivity index is 1.87. The molecule has 1 aliphatic heterocycles. The number of thioether (sulfide) groups is 1. The Bertz CT molecular complexity index is 808. The first-order valence-corrected chi connectivity index (χ1v) is 9.50. The maximum absolute atomic E-state index is 12.6. The van der Waals surface area contributed by atoms with E-state index in [1.54, 1.807) is 21.6 Å². The number of thiophene rings is 1. The van der Waals surface area contributed by atoms with Gasteiger partial charge in [-0.25, -0.2) is 4.98 Å². The smallest absolute Gasteiger partial charge is 0.263 e. The highest BCUT2D eigenvalue weighted by Gasteiger charge is 2.25. The molecule has 1 aliphatic rings. The largest absolute Gasteiger partial charge is 0.378 e. The van der Waals surface area contributed by atoms with Crippen molar-refractivity contribution in [2.45, 2.75) is 23.9 Å². The molecule has 3 rings (SSSR count). The van der Waals surface area contributed by atoms with Crippen molar-refractivity contribution in [3.63, 3.8) is 0 Å². The molecule has 1 atom stereocenters. The Morgan fingerprint density at radius 1 is 1.54 bits per heavy atom. The molecule has 3 heterocycles. The van der Waals surface area contributed by atoms with Gasteiger partial charge in [0.2, 0.25) is 5.91 Å². The lowest BCUT2D eigenvalue weighted by molar-refractivity contribution is -0.134. The van der Waals surface area contributed by atoms with Gasteiger partial charge in [0.15, 0.2) is 5.16 Å². The zero-order valence-corrected chi connectivity index (χ0v) is 15.1. The molecular weight excluding hydrogens is 346 g/mol. The second kappa shape index (κ2) is 7.50. The molecule has 0 aliphatic carbocycles. The van der Waals surface area contributed by atoms with Crippen LogP contribution in [0.1, 0.15) is 6.92 Å². The molecule has 8 heteroatoms. The summed E-state index contributed by atoms with van der Waals surface area (Å²) in [6.45, 7) is 8.31. The lowest BCUT2D eigenvalue weighted by Crippen LogP contribution is -2.44. The number of rotatable bonds is 5. The van der Waals surface area contributed by atoms with E-state index < -0.39 is 0 Å². The summed E-state index contributed by atoms with van der Waals surface area (Å²) in [4.78, 5) is 32.3. The number of fused-ring (bicyclic) bond motifs is 1. The molecule has 0 N–H and O–H groups in total. The van der Waals surface area contributed by atoms with Gasteiger partial charge in [0, 0.05) is 19.6 Å². The number of carbonyl (C=O) groups is 1. The lowest BCUT2D eigenvalue weighted by atomic mass is 10.3. The number of allylic oxidation sites excluding steroid dienone is 1. The van der Waals surface area contributed by atoms with Gasteiger partial charge < -0.3 is 9.64 Å². The summed E-state index contributed by atoms with van der Waals surface area (Å²) in [5.41, 5.74) is -0.0883. The van der Waals surface area contributed by atoms with E-state index in [-0.39, 0.29) is 16.7 Å². The highest BCUT2D eigenvalue weighted by Crippen LogP contribution is 2.25. The van der Waals surface area contributed by atoms with Crippen LogP contribution in [-0.4, -0.2) is 51.9 Å². The number of hydrogen-bond donors (Lipinski definition) is 0. The molecule has 2 aromatic heterocycles. The topological polar surface area (TPSA) is 64.4 Å². The minimum Gasteiger partial charge on any atom is -0.378 e. The van der Waals surface area contributed by atoms with Crippen LogP contribution >= 0.6 is 23.1 Å². The van der Waals surface area contributed by atoms with Crippen molar-refractivity contribution in [2.75, 3.05) is 26.3 Å². The van der Waals surface area contributed by atoms with Crippen LogP contribution < -0.4 is 5.56 Å². The van der Waals surface area contributed by atoms with E-state index in [0.717, 1.165) is 0 Å². The molecule has 0 bridgehead atoms. The summed E-state index contributed by atoms with van der Waals surface area (Å²) in [7, 11) is 0. The number of amides is 1. The summed E-state index contributed by atoms with van der Waals surface area (Å²) in [6.07, 6.45) is 1.67. The Morgan fingerprint density at radius 3 is 3.00 bits per heavy atom. The number of hydrogen-bond acceptors (Lipinski definition) is 6. The number of ether oxygens (including phenoxy) is 1. The molecule has 0 radical (unpaired) electrons. The van der Waals surface area contributed by atoms with Crippen LogP contribution in [0.3, 0.4) is 0 Å².